The third kappa shape index (κ3) is 11.4. The van der Waals surface area contributed by atoms with Crippen LogP contribution in [0, 0.1) is 5.92 Å². The first-order chi connectivity index (χ1) is 10.1. The Bertz CT molecular complexity index is 401. The van der Waals surface area contributed by atoms with E-state index >= 15 is 0 Å². The van der Waals surface area contributed by atoms with Gasteiger partial charge in [-0.25, -0.2) is 4.79 Å². The molecule has 23 heavy (non-hydrogen) atoms. The summed E-state index contributed by atoms with van der Waals surface area (Å²) in [6.07, 6.45) is 3.51. The largest absolute Gasteiger partial charge is 0.444 e. The van der Waals surface area contributed by atoms with Crippen molar-refractivity contribution < 1.29 is 9.53 Å². The molecule has 0 spiro atoms. The normalized spacial score (nSPS) is 15.5. The smallest absolute Gasteiger partial charge is 0.408 e. The average molecular weight is 440 g/mol. The molecule has 1 rings (SSSR count). The van der Waals surface area contributed by atoms with Crippen LogP contribution >= 0.6 is 24.0 Å². The SMILES string of the molecule is CN=C(NCCC1CC1)NCC(C)(C)NC(=O)OC(C)(C)C.I. The van der Waals surface area contributed by atoms with Crippen LogP contribution in [0.4, 0.5) is 4.79 Å². The molecule has 136 valence electrons. The zero-order valence-corrected chi connectivity index (χ0v) is 17.6. The predicted octanol–water partition coefficient (Wildman–Crippen LogP) is 2.87. The van der Waals surface area contributed by atoms with Crippen LogP contribution in [0.25, 0.3) is 0 Å². The minimum absolute atomic E-state index is 0. The van der Waals surface area contributed by atoms with Crippen LogP contribution in [-0.4, -0.2) is 43.3 Å². The van der Waals surface area contributed by atoms with Gasteiger partial charge >= 0.3 is 6.09 Å². The third-order valence-corrected chi connectivity index (χ3v) is 3.30. The first-order valence-corrected chi connectivity index (χ1v) is 8.07. The molecule has 1 amide bonds. The first kappa shape index (κ1) is 22.3. The van der Waals surface area contributed by atoms with Crippen molar-refractivity contribution in [1.29, 1.82) is 0 Å². The minimum Gasteiger partial charge on any atom is -0.444 e. The molecule has 0 radical (unpaired) electrons. The van der Waals surface area contributed by atoms with Crippen LogP contribution in [0.1, 0.15) is 53.9 Å². The first-order valence-electron chi connectivity index (χ1n) is 8.07. The number of alkyl carbamates (subject to hydrolysis) is 1. The van der Waals surface area contributed by atoms with Gasteiger partial charge in [0.05, 0.1) is 5.54 Å². The second-order valence-corrected chi connectivity index (χ2v) is 7.60. The van der Waals surface area contributed by atoms with Gasteiger partial charge in [0, 0.05) is 20.1 Å². The second kappa shape index (κ2) is 9.54. The Balaban J connectivity index is 0.00000484. The Labute approximate surface area is 157 Å². The fourth-order valence-electron chi connectivity index (χ4n) is 1.95. The maximum atomic E-state index is 11.8. The van der Waals surface area contributed by atoms with Crippen LogP contribution in [0.3, 0.4) is 0 Å². The molecule has 3 N–H and O–H groups in total. The molecule has 1 aliphatic carbocycles. The lowest BCUT2D eigenvalue weighted by molar-refractivity contribution is 0.0474. The molecule has 0 saturated heterocycles. The van der Waals surface area contributed by atoms with Crippen molar-refractivity contribution >= 4 is 36.0 Å². The minimum atomic E-state index is -0.492. The number of hydrogen-bond acceptors (Lipinski definition) is 3. The van der Waals surface area contributed by atoms with Crippen molar-refractivity contribution in [3.8, 4) is 0 Å². The van der Waals surface area contributed by atoms with E-state index in [-0.39, 0.29) is 24.0 Å². The van der Waals surface area contributed by atoms with Crippen molar-refractivity contribution in [2.24, 2.45) is 10.9 Å². The number of halogens is 1. The Kier molecular flexibility index (Phi) is 9.24. The fraction of sp³-hybridized carbons (Fsp3) is 0.875. The number of carbonyl (C=O) groups excluding carboxylic acids is 1. The topological polar surface area (TPSA) is 74.8 Å². The van der Waals surface area contributed by atoms with Gasteiger partial charge in [-0.1, -0.05) is 12.8 Å². The van der Waals surface area contributed by atoms with Gasteiger partial charge in [0.1, 0.15) is 5.60 Å². The highest BCUT2D eigenvalue weighted by atomic mass is 127. The molecule has 0 bridgehead atoms. The number of guanidine groups is 1. The van der Waals surface area contributed by atoms with Crippen LogP contribution in [0.15, 0.2) is 4.99 Å². The van der Waals surface area contributed by atoms with Gasteiger partial charge in [-0.15, -0.1) is 24.0 Å². The van der Waals surface area contributed by atoms with E-state index in [0.29, 0.717) is 6.54 Å². The summed E-state index contributed by atoms with van der Waals surface area (Å²) in [5.41, 5.74) is -0.926. The van der Waals surface area contributed by atoms with Gasteiger partial charge in [0.2, 0.25) is 0 Å². The molecule has 0 aromatic carbocycles. The number of rotatable bonds is 6. The van der Waals surface area contributed by atoms with Crippen molar-refractivity contribution in [1.82, 2.24) is 16.0 Å². The van der Waals surface area contributed by atoms with E-state index < -0.39 is 17.2 Å². The number of hydrogen-bond donors (Lipinski definition) is 3. The monoisotopic (exact) mass is 440 g/mol. The standard InChI is InChI=1S/C16H32N4O2.HI/c1-15(2,3)22-14(21)20-16(4,5)11-19-13(17-6)18-10-9-12-7-8-12;/h12H,7-11H2,1-6H3,(H,20,21)(H2,17,18,19);1H. The molecule has 0 aromatic heterocycles. The fourth-order valence-corrected chi connectivity index (χ4v) is 1.95. The summed E-state index contributed by atoms with van der Waals surface area (Å²) in [5, 5.41) is 9.41. The molecule has 0 atom stereocenters. The van der Waals surface area contributed by atoms with Gasteiger partial charge in [-0.05, 0) is 47.0 Å². The summed E-state index contributed by atoms with van der Waals surface area (Å²) in [5.74, 6) is 1.66. The van der Waals surface area contributed by atoms with Crippen molar-refractivity contribution in [2.75, 3.05) is 20.1 Å². The van der Waals surface area contributed by atoms with Crippen LogP contribution in [-0.2, 0) is 4.74 Å². The number of aliphatic imine (C=N–C) groups is 1. The molecule has 0 heterocycles. The van der Waals surface area contributed by atoms with Crippen LogP contribution < -0.4 is 16.0 Å². The summed E-state index contributed by atoms with van der Waals surface area (Å²) in [6, 6.07) is 0. The maximum Gasteiger partial charge on any atom is 0.408 e. The molecule has 1 aliphatic rings. The van der Waals surface area contributed by atoms with Gasteiger partial charge in [0.25, 0.3) is 0 Å². The van der Waals surface area contributed by atoms with E-state index in [1.54, 1.807) is 7.05 Å². The van der Waals surface area contributed by atoms with Gasteiger partial charge in [0.15, 0.2) is 5.96 Å². The lowest BCUT2D eigenvalue weighted by Gasteiger charge is -2.29. The Hall–Kier alpha value is -0.730. The summed E-state index contributed by atoms with van der Waals surface area (Å²) in [7, 11) is 1.75. The molecule has 7 heteroatoms. The molecule has 6 nitrogen and oxygen atoms in total. The summed E-state index contributed by atoms with van der Waals surface area (Å²) in [4.78, 5) is 16.0. The lowest BCUT2D eigenvalue weighted by atomic mass is 10.1. The highest BCUT2D eigenvalue weighted by molar-refractivity contribution is 14.0. The van der Waals surface area contributed by atoms with Crippen molar-refractivity contribution in [3.05, 3.63) is 0 Å². The quantitative estimate of drug-likeness (QED) is 0.337. The molecular formula is C16H33IN4O2. The Morgan fingerprint density at radius 1 is 1.17 bits per heavy atom. The molecular weight excluding hydrogens is 407 g/mol. The maximum absolute atomic E-state index is 11.8. The zero-order chi connectivity index (χ0) is 16.8. The van der Waals surface area contributed by atoms with Gasteiger partial charge < -0.3 is 20.7 Å². The average Bonchev–Trinajstić information content (AvgIpc) is 3.14. The predicted molar refractivity (Wildman–Crippen MR) is 106 cm³/mol. The van der Waals surface area contributed by atoms with E-state index in [2.05, 4.69) is 20.9 Å². The highest BCUT2D eigenvalue weighted by Gasteiger charge is 2.25. The van der Waals surface area contributed by atoms with Crippen molar-refractivity contribution in [3.63, 3.8) is 0 Å². The van der Waals surface area contributed by atoms with Crippen LogP contribution in [0.5, 0.6) is 0 Å². The third-order valence-electron chi connectivity index (χ3n) is 3.30. The number of ether oxygens (including phenoxy) is 1. The van der Waals surface area contributed by atoms with E-state index in [4.69, 9.17) is 4.74 Å². The molecule has 0 unspecified atom stereocenters. The number of nitrogens with zero attached hydrogens (tertiary/aromatic N) is 1. The highest BCUT2D eigenvalue weighted by Crippen LogP contribution is 2.31. The summed E-state index contributed by atoms with van der Waals surface area (Å²) >= 11 is 0. The lowest BCUT2D eigenvalue weighted by Crippen LogP contribution is -2.54. The molecule has 0 aromatic rings. The number of amides is 1. The molecule has 0 aliphatic heterocycles. The van der Waals surface area contributed by atoms with Gasteiger partial charge in [-0.3, -0.25) is 4.99 Å². The zero-order valence-electron chi connectivity index (χ0n) is 15.3. The van der Waals surface area contributed by atoms with E-state index in [9.17, 15) is 4.79 Å². The molecule has 1 saturated carbocycles. The molecule has 1 fully saturated rings. The number of nitrogens with one attached hydrogen (secondary N) is 3. The summed E-state index contributed by atoms with van der Waals surface area (Å²) in [6.45, 7) is 10.9. The Morgan fingerprint density at radius 2 is 1.78 bits per heavy atom. The van der Waals surface area contributed by atoms with Gasteiger partial charge in [-0.2, -0.15) is 0 Å². The van der Waals surface area contributed by atoms with Crippen LogP contribution in [0.2, 0.25) is 0 Å². The van der Waals surface area contributed by atoms with E-state index in [1.165, 1.54) is 19.3 Å². The van der Waals surface area contributed by atoms with Crippen molar-refractivity contribution in [2.45, 2.75) is 65.0 Å². The number of carbonyl (C=O) groups is 1. The van der Waals surface area contributed by atoms with E-state index in [1.807, 2.05) is 34.6 Å². The van der Waals surface area contributed by atoms with E-state index in [0.717, 1.165) is 18.4 Å². The summed E-state index contributed by atoms with van der Waals surface area (Å²) < 4.78 is 5.28. The second-order valence-electron chi connectivity index (χ2n) is 7.60. The Morgan fingerprint density at radius 3 is 2.26 bits per heavy atom.